The molecule has 0 bridgehead atoms. The number of halogens is 1. The molecular formula is C8H11ClN2S2. The molecule has 2 nitrogen and oxygen atoms in total. The Morgan fingerprint density at radius 1 is 1.69 bits per heavy atom. The fraction of sp³-hybridized carbons (Fsp3) is 0.625. The van der Waals surface area contributed by atoms with Crippen molar-refractivity contribution in [2.45, 2.75) is 12.5 Å². The van der Waals surface area contributed by atoms with Gasteiger partial charge in [-0.2, -0.15) is 11.8 Å². The number of hydrogen-bond acceptors (Lipinski definition) is 4. The maximum absolute atomic E-state index is 5.84. The highest BCUT2D eigenvalue weighted by atomic mass is 35.5. The second kappa shape index (κ2) is 4.07. The lowest BCUT2D eigenvalue weighted by Crippen LogP contribution is -2.30. The Morgan fingerprint density at radius 2 is 2.54 bits per heavy atom. The highest BCUT2D eigenvalue weighted by molar-refractivity contribution is 7.99. The predicted molar refractivity (Wildman–Crippen MR) is 61.3 cm³/mol. The lowest BCUT2D eigenvalue weighted by Gasteiger charge is -2.22. The minimum atomic E-state index is 0.646. The quantitative estimate of drug-likeness (QED) is 0.783. The predicted octanol–water partition coefficient (Wildman–Crippen LogP) is 2.74. The summed E-state index contributed by atoms with van der Waals surface area (Å²) in [5, 5.41) is 1.04. The van der Waals surface area contributed by atoms with Crippen LogP contribution in [0.4, 0.5) is 5.13 Å². The fourth-order valence-electron chi connectivity index (χ4n) is 1.39. The monoisotopic (exact) mass is 234 g/mol. The highest BCUT2D eigenvalue weighted by Crippen LogP contribution is 2.30. The van der Waals surface area contributed by atoms with Crippen molar-refractivity contribution in [3.8, 4) is 0 Å². The van der Waals surface area contributed by atoms with Crippen LogP contribution in [0, 0.1) is 0 Å². The summed E-state index contributed by atoms with van der Waals surface area (Å²) in [5.74, 6) is 2.49. The lowest BCUT2D eigenvalue weighted by molar-refractivity contribution is 0.698. The van der Waals surface area contributed by atoms with E-state index in [4.69, 9.17) is 11.6 Å². The molecule has 0 aliphatic carbocycles. The van der Waals surface area contributed by atoms with Gasteiger partial charge in [0, 0.05) is 18.8 Å². The zero-order chi connectivity index (χ0) is 9.26. The normalized spacial score (nSPS) is 22.2. The minimum Gasteiger partial charge on any atom is -0.347 e. The number of nitrogens with zero attached hydrogens (tertiary/aromatic N) is 2. The van der Waals surface area contributed by atoms with Crippen LogP contribution >= 0.6 is 34.7 Å². The molecule has 1 atom stereocenters. The summed E-state index contributed by atoms with van der Waals surface area (Å²) in [6.45, 7) is 0. The molecular weight excluding hydrogens is 224 g/mol. The first-order valence-corrected chi connectivity index (χ1v) is 6.54. The number of anilines is 1. The molecule has 1 aromatic heterocycles. The van der Waals surface area contributed by atoms with Gasteiger partial charge in [0.1, 0.15) is 4.34 Å². The molecule has 1 fully saturated rings. The zero-order valence-electron chi connectivity index (χ0n) is 7.36. The van der Waals surface area contributed by atoms with E-state index in [2.05, 4.69) is 16.9 Å². The van der Waals surface area contributed by atoms with Crippen molar-refractivity contribution in [3.63, 3.8) is 0 Å². The van der Waals surface area contributed by atoms with Gasteiger partial charge in [-0.05, 0) is 12.2 Å². The maximum Gasteiger partial charge on any atom is 0.186 e. The van der Waals surface area contributed by atoms with Crippen molar-refractivity contribution >= 4 is 39.8 Å². The molecule has 0 saturated carbocycles. The fourth-order valence-corrected chi connectivity index (χ4v) is 3.59. The average Bonchev–Trinajstić information content (AvgIpc) is 2.72. The van der Waals surface area contributed by atoms with E-state index in [0.29, 0.717) is 6.04 Å². The smallest absolute Gasteiger partial charge is 0.186 e. The molecule has 0 spiro atoms. The molecule has 5 heteroatoms. The SMILES string of the molecule is CN(c1ncc(Cl)s1)C1CCSC1. The molecule has 1 aliphatic rings. The molecule has 1 aliphatic heterocycles. The molecule has 0 N–H and O–H groups in total. The van der Waals surface area contributed by atoms with Crippen LogP contribution in [0.25, 0.3) is 0 Å². The third-order valence-corrected chi connectivity index (χ3v) is 4.57. The van der Waals surface area contributed by atoms with Gasteiger partial charge in [0.2, 0.25) is 0 Å². The van der Waals surface area contributed by atoms with E-state index in [9.17, 15) is 0 Å². The van der Waals surface area contributed by atoms with E-state index in [-0.39, 0.29) is 0 Å². The second-order valence-corrected chi connectivity index (χ2v) is 5.87. The summed E-state index contributed by atoms with van der Waals surface area (Å²) >= 11 is 9.40. The Kier molecular flexibility index (Phi) is 3.01. The summed E-state index contributed by atoms with van der Waals surface area (Å²) in [7, 11) is 2.10. The van der Waals surface area contributed by atoms with E-state index in [0.717, 1.165) is 9.47 Å². The standard InChI is InChI=1S/C8H11ClN2S2/c1-11(6-2-3-12-5-6)8-10-4-7(9)13-8/h4,6H,2-3,5H2,1H3. The highest BCUT2D eigenvalue weighted by Gasteiger charge is 2.21. The summed E-state index contributed by atoms with van der Waals surface area (Å²) in [6.07, 6.45) is 2.98. The molecule has 1 aromatic rings. The minimum absolute atomic E-state index is 0.646. The van der Waals surface area contributed by atoms with Crippen LogP contribution < -0.4 is 4.90 Å². The van der Waals surface area contributed by atoms with Crippen LogP contribution in [0.5, 0.6) is 0 Å². The Labute approximate surface area is 91.3 Å². The van der Waals surface area contributed by atoms with E-state index >= 15 is 0 Å². The summed E-state index contributed by atoms with van der Waals surface area (Å²) in [5.41, 5.74) is 0. The van der Waals surface area contributed by atoms with Crippen LogP contribution in [0.1, 0.15) is 6.42 Å². The van der Waals surface area contributed by atoms with Gasteiger partial charge in [-0.25, -0.2) is 4.98 Å². The van der Waals surface area contributed by atoms with Crippen LogP contribution in [-0.2, 0) is 0 Å². The van der Waals surface area contributed by atoms with Gasteiger partial charge in [-0.3, -0.25) is 0 Å². The van der Waals surface area contributed by atoms with Gasteiger partial charge >= 0.3 is 0 Å². The second-order valence-electron chi connectivity index (χ2n) is 3.08. The van der Waals surface area contributed by atoms with Crippen molar-refractivity contribution in [3.05, 3.63) is 10.5 Å². The zero-order valence-corrected chi connectivity index (χ0v) is 9.75. The lowest BCUT2D eigenvalue weighted by atomic mass is 10.2. The van der Waals surface area contributed by atoms with E-state index < -0.39 is 0 Å². The Bertz CT molecular complexity index is 283. The van der Waals surface area contributed by atoms with E-state index in [1.54, 1.807) is 17.5 Å². The number of thioether (sulfide) groups is 1. The first kappa shape index (κ1) is 9.62. The molecule has 1 unspecified atom stereocenters. The maximum atomic E-state index is 5.84. The Balaban J connectivity index is 2.07. The van der Waals surface area contributed by atoms with Gasteiger partial charge in [0.25, 0.3) is 0 Å². The molecule has 1 saturated heterocycles. The Morgan fingerprint density at radius 3 is 3.08 bits per heavy atom. The topological polar surface area (TPSA) is 16.1 Å². The largest absolute Gasteiger partial charge is 0.347 e. The van der Waals surface area contributed by atoms with E-state index in [1.165, 1.54) is 17.9 Å². The van der Waals surface area contributed by atoms with Crippen molar-refractivity contribution < 1.29 is 0 Å². The van der Waals surface area contributed by atoms with Crippen molar-refractivity contribution in [2.24, 2.45) is 0 Å². The van der Waals surface area contributed by atoms with Crippen molar-refractivity contribution in [1.29, 1.82) is 0 Å². The average molecular weight is 235 g/mol. The first-order chi connectivity index (χ1) is 6.27. The number of rotatable bonds is 2. The van der Waals surface area contributed by atoms with E-state index in [1.807, 2.05) is 11.8 Å². The number of thiazole rings is 1. The summed E-state index contributed by atoms with van der Waals surface area (Å²) < 4.78 is 0.771. The summed E-state index contributed by atoms with van der Waals surface area (Å²) in [4.78, 5) is 6.51. The van der Waals surface area contributed by atoms with Gasteiger partial charge in [0.15, 0.2) is 5.13 Å². The third-order valence-electron chi connectivity index (χ3n) is 2.22. The van der Waals surface area contributed by atoms with Gasteiger partial charge in [-0.1, -0.05) is 22.9 Å². The number of hydrogen-bond donors (Lipinski definition) is 0. The summed E-state index contributed by atoms with van der Waals surface area (Å²) in [6, 6.07) is 0.646. The number of aromatic nitrogens is 1. The van der Waals surface area contributed by atoms with Gasteiger partial charge < -0.3 is 4.90 Å². The molecule has 2 rings (SSSR count). The Hall–Kier alpha value is 0.0700. The molecule has 0 radical (unpaired) electrons. The molecule has 2 heterocycles. The van der Waals surface area contributed by atoms with Crippen molar-refractivity contribution in [2.75, 3.05) is 23.5 Å². The van der Waals surface area contributed by atoms with Crippen LogP contribution in [-0.4, -0.2) is 29.6 Å². The van der Waals surface area contributed by atoms with Gasteiger partial charge in [0.05, 0.1) is 6.20 Å². The molecule has 0 aromatic carbocycles. The first-order valence-electron chi connectivity index (χ1n) is 4.19. The molecule has 0 amide bonds. The molecule has 72 valence electrons. The van der Waals surface area contributed by atoms with Crippen LogP contribution in [0.15, 0.2) is 6.20 Å². The molecule has 13 heavy (non-hydrogen) atoms. The van der Waals surface area contributed by atoms with Gasteiger partial charge in [-0.15, -0.1) is 0 Å². The van der Waals surface area contributed by atoms with Crippen LogP contribution in [0.2, 0.25) is 4.34 Å². The third kappa shape index (κ3) is 2.11. The van der Waals surface area contributed by atoms with Crippen molar-refractivity contribution in [1.82, 2.24) is 4.98 Å². The van der Waals surface area contributed by atoms with Crippen LogP contribution in [0.3, 0.4) is 0 Å².